The molecule has 1 aliphatic rings. The second-order valence-corrected chi connectivity index (χ2v) is 7.71. The summed E-state index contributed by atoms with van der Waals surface area (Å²) >= 11 is 5.82. The van der Waals surface area contributed by atoms with Crippen molar-refractivity contribution in [2.45, 2.75) is 64.2 Å². The van der Waals surface area contributed by atoms with Gasteiger partial charge in [0, 0.05) is 11.8 Å². The van der Waals surface area contributed by atoms with E-state index in [1.165, 1.54) is 38.5 Å². The molecule has 1 aromatic carbocycles. The topological polar surface area (TPSA) is 12.9 Å². The Hall–Kier alpha value is -1.41. The molecule has 134 valence electrons. The fraction of sp³-hybridized carbons (Fsp3) is 0.500. The maximum absolute atomic E-state index is 14.7. The summed E-state index contributed by atoms with van der Waals surface area (Å²) in [5, 5.41) is 0.455. The maximum Gasteiger partial charge on any atom is 0.129 e. The number of hydrogen-bond acceptors (Lipinski definition) is 1. The molecule has 25 heavy (non-hydrogen) atoms. The first-order valence-corrected chi connectivity index (χ1v) is 9.96. The van der Waals surface area contributed by atoms with Gasteiger partial charge in [0.1, 0.15) is 11.0 Å². The molecule has 0 aliphatic heterocycles. The van der Waals surface area contributed by atoms with Crippen molar-refractivity contribution in [3.8, 4) is 11.1 Å². The lowest BCUT2D eigenvalue weighted by molar-refractivity contribution is 0.299. The van der Waals surface area contributed by atoms with Crippen LogP contribution in [0.4, 0.5) is 4.39 Å². The normalized spacial score (nSPS) is 20.6. The van der Waals surface area contributed by atoms with E-state index in [4.69, 9.17) is 11.6 Å². The summed E-state index contributed by atoms with van der Waals surface area (Å²) in [5.41, 5.74) is 2.64. The van der Waals surface area contributed by atoms with Gasteiger partial charge in [-0.05, 0) is 66.8 Å². The molecule has 0 N–H and O–H groups in total. The SMILES string of the molecule is CCCCC[C@H]1CC[C@H](c2ccc(-c3ccc(Cl)nc3)cc2F)CC1. The Morgan fingerprint density at radius 1 is 1.04 bits per heavy atom. The van der Waals surface area contributed by atoms with E-state index in [-0.39, 0.29) is 5.82 Å². The number of aromatic nitrogens is 1. The third-order valence-electron chi connectivity index (χ3n) is 5.56. The van der Waals surface area contributed by atoms with Gasteiger partial charge >= 0.3 is 0 Å². The van der Waals surface area contributed by atoms with Gasteiger partial charge in [0.2, 0.25) is 0 Å². The average Bonchev–Trinajstić information content (AvgIpc) is 2.63. The van der Waals surface area contributed by atoms with E-state index in [1.54, 1.807) is 18.3 Å². The molecule has 0 saturated heterocycles. The van der Waals surface area contributed by atoms with Crippen molar-refractivity contribution in [2.75, 3.05) is 0 Å². The minimum Gasteiger partial charge on any atom is -0.244 e. The fourth-order valence-corrected chi connectivity index (χ4v) is 4.14. The van der Waals surface area contributed by atoms with E-state index in [2.05, 4.69) is 11.9 Å². The van der Waals surface area contributed by atoms with Crippen LogP contribution in [0.1, 0.15) is 69.8 Å². The number of halogens is 2. The number of hydrogen-bond donors (Lipinski definition) is 0. The lowest BCUT2D eigenvalue weighted by atomic mass is 9.76. The quantitative estimate of drug-likeness (QED) is 0.387. The summed E-state index contributed by atoms with van der Waals surface area (Å²) in [6.45, 7) is 2.25. The van der Waals surface area contributed by atoms with Gasteiger partial charge in [-0.1, -0.05) is 56.3 Å². The lowest BCUT2D eigenvalue weighted by Gasteiger charge is -2.29. The fourth-order valence-electron chi connectivity index (χ4n) is 4.03. The Morgan fingerprint density at radius 3 is 2.44 bits per heavy atom. The molecule has 0 atom stereocenters. The molecule has 0 unspecified atom stereocenters. The van der Waals surface area contributed by atoms with Crippen LogP contribution in [-0.4, -0.2) is 4.98 Å². The van der Waals surface area contributed by atoms with E-state index in [9.17, 15) is 4.39 Å². The van der Waals surface area contributed by atoms with Crippen molar-refractivity contribution < 1.29 is 4.39 Å². The first-order chi connectivity index (χ1) is 12.2. The van der Waals surface area contributed by atoms with Gasteiger partial charge in [-0.2, -0.15) is 0 Å². The van der Waals surface area contributed by atoms with Crippen molar-refractivity contribution in [3.05, 3.63) is 53.1 Å². The summed E-state index contributed by atoms with van der Waals surface area (Å²) in [6.07, 6.45) is 11.8. The third-order valence-corrected chi connectivity index (χ3v) is 5.79. The van der Waals surface area contributed by atoms with E-state index >= 15 is 0 Å². The number of unbranched alkanes of at least 4 members (excludes halogenated alkanes) is 2. The number of rotatable bonds is 6. The second kappa shape index (κ2) is 8.80. The van der Waals surface area contributed by atoms with Crippen LogP contribution in [0.5, 0.6) is 0 Å². The molecule has 0 spiro atoms. The predicted molar refractivity (Wildman–Crippen MR) is 103 cm³/mol. The maximum atomic E-state index is 14.7. The zero-order valence-corrected chi connectivity index (χ0v) is 15.7. The highest BCUT2D eigenvalue weighted by Gasteiger charge is 2.24. The van der Waals surface area contributed by atoms with Crippen LogP contribution >= 0.6 is 11.6 Å². The summed E-state index contributed by atoms with van der Waals surface area (Å²) in [6, 6.07) is 9.25. The van der Waals surface area contributed by atoms with Gasteiger partial charge in [-0.3, -0.25) is 0 Å². The van der Waals surface area contributed by atoms with E-state index < -0.39 is 0 Å². The van der Waals surface area contributed by atoms with Crippen molar-refractivity contribution in [1.82, 2.24) is 4.98 Å². The highest BCUT2D eigenvalue weighted by Crippen LogP contribution is 2.39. The molecule has 3 rings (SSSR count). The molecule has 1 nitrogen and oxygen atoms in total. The molecule has 1 aliphatic carbocycles. The molecule has 1 fully saturated rings. The van der Waals surface area contributed by atoms with Gasteiger partial charge in [-0.25, -0.2) is 9.37 Å². The smallest absolute Gasteiger partial charge is 0.129 e. The first-order valence-electron chi connectivity index (χ1n) is 9.58. The van der Waals surface area contributed by atoms with Crippen LogP contribution < -0.4 is 0 Å². The van der Waals surface area contributed by atoms with E-state index in [1.807, 2.05) is 18.2 Å². The van der Waals surface area contributed by atoms with Crippen LogP contribution in [-0.2, 0) is 0 Å². The molecule has 0 amide bonds. The zero-order chi connectivity index (χ0) is 17.6. The Kier molecular flexibility index (Phi) is 6.47. The molecule has 2 aromatic rings. The highest BCUT2D eigenvalue weighted by atomic mass is 35.5. The van der Waals surface area contributed by atoms with Gasteiger partial charge in [0.05, 0.1) is 0 Å². The number of pyridine rings is 1. The highest BCUT2D eigenvalue weighted by molar-refractivity contribution is 6.29. The predicted octanol–water partition coefficient (Wildman–Crippen LogP) is 7.40. The summed E-state index contributed by atoms with van der Waals surface area (Å²) < 4.78 is 14.7. The van der Waals surface area contributed by atoms with E-state index in [0.717, 1.165) is 35.4 Å². The van der Waals surface area contributed by atoms with Gasteiger partial charge in [0.25, 0.3) is 0 Å². The van der Waals surface area contributed by atoms with E-state index in [0.29, 0.717) is 11.1 Å². The van der Waals surface area contributed by atoms with Gasteiger partial charge < -0.3 is 0 Å². The summed E-state index contributed by atoms with van der Waals surface area (Å²) in [4.78, 5) is 4.08. The molecule has 0 bridgehead atoms. The minimum absolute atomic E-state index is 0.0816. The van der Waals surface area contributed by atoms with Crippen LogP contribution in [0, 0.1) is 11.7 Å². The Balaban J connectivity index is 1.63. The average molecular weight is 360 g/mol. The molecule has 1 saturated carbocycles. The third kappa shape index (κ3) is 4.82. The summed E-state index contributed by atoms with van der Waals surface area (Å²) in [7, 11) is 0. The standard InChI is InChI=1S/C22H27ClFN/c1-2-3-4-5-16-6-8-17(9-7-16)20-12-10-18(14-21(20)24)19-11-13-22(23)25-15-19/h10-17H,2-9H2,1H3/t16-,17-. The number of benzene rings is 1. The van der Waals surface area contributed by atoms with Crippen LogP contribution in [0.25, 0.3) is 11.1 Å². The second-order valence-electron chi connectivity index (χ2n) is 7.32. The lowest BCUT2D eigenvalue weighted by Crippen LogP contribution is -2.14. The Morgan fingerprint density at radius 2 is 1.80 bits per heavy atom. The van der Waals surface area contributed by atoms with Crippen LogP contribution in [0.3, 0.4) is 0 Å². The Bertz CT molecular complexity index is 675. The van der Waals surface area contributed by atoms with Crippen molar-refractivity contribution in [3.63, 3.8) is 0 Å². The molecular formula is C22H27ClFN. The first kappa shape index (κ1) is 18.4. The monoisotopic (exact) mass is 359 g/mol. The van der Waals surface area contributed by atoms with Crippen LogP contribution in [0.2, 0.25) is 5.15 Å². The Labute approximate surface area is 155 Å². The molecule has 0 radical (unpaired) electrons. The molecule has 1 aromatic heterocycles. The molecule has 1 heterocycles. The summed E-state index contributed by atoms with van der Waals surface area (Å²) in [5.74, 6) is 1.15. The van der Waals surface area contributed by atoms with Crippen molar-refractivity contribution in [1.29, 1.82) is 0 Å². The minimum atomic E-state index is -0.0816. The molecule has 3 heteroatoms. The van der Waals surface area contributed by atoms with Gasteiger partial charge in [-0.15, -0.1) is 0 Å². The molecular weight excluding hydrogens is 333 g/mol. The van der Waals surface area contributed by atoms with Crippen molar-refractivity contribution >= 4 is 11.6 Å². The van der Waals surface area contributed by atoms with Crippen molar-refractivity contribution in [2.24, 2.45) is 5.92 Å². The zero-order valence-electron chi connectivity index (χ0n) is 15.0. The largest absolute Gasteiger partial charge is 0.244 e. The number of nitrogens with zero attached hydrogens (tertiary/aromatic N) is 1. The van der Waals surface area contributed by atoms with Gasteiger partial charge in [0.15, 0.2) is 0 Å². The van der Waals surface area contributed by atoms with Crippen LogP contribution in [0.15, 0.2) is 36.5 Å².